The van der Waals surface area contributed by atoms with E-state index in [9.17, 15) is 0 Å². The lowest BCUT2D eigenvalue weighted by Gasteiger charge is -2.11. The third-order valence-corrected chi connectivity index (χ3v) is 3.42. The Bertz CT molecular complexity index is 133. The maximum atomic E-state index is 5.88. The second kappa shape index (κ2) is 7.28. The average molecular weight is 198 g/mol. The van der Waals surface area contributed by atoms with Gasteiger partial charge in [0.1, 0.15) is 0 Å². The summed E-state index contributed by atoms with van der Waals surface area (Å²) < 4.78 is 5.88. The first-order valence-corrected chi connectivity index (χ1v) is 6.48. The molecule has 0 bridgehead atoms. The lowest BCUT2D eigenvalue weighted by Crippen LogP contribution is -2.09. The number of rotatable bonds is 7. The first-order chi connectivity index (χ1) is 6.86. The monoisotopic (exact) mass is 198 g/mol. The van der Waals surface area contributed by atoms with Crippen molar-refractivity contribution in [3.63, 3.8) is 0 Å². The van der Waals surface area contributed by atoms with Crippen LogP contribution in [0.3, 0.4) is 0 Å². The molecule has 1 rings (SSSR count). The van der Waals surface area contributed by atoms with Gasteiger partial charge in [-0.3, -0.25) is 0 Å². The second-order valence-corrected chi connectivity index (χ2v) is 4.64. The molecule has 0 amide bonds. The SMILES string of the molecule is CCCCCCOC1CCC(CC)C1. The summed E-state index contributed by atoms with van der Waals surface area (Å²) in [5, 5.41) is 0. The molecule has 1 fully saturated rings. The van der Waals surface area contributed by atoms with Crippen molar-refractivity contribution < 1.29 is 4.74 Å². The Hall–Kier alpha value is -0.0400. The van der Waals surface area contributed by atoms with Crippen LogP contribution in [-0.2, 0) is 4.74 Å². The third kappa shape index (κ3) is 4.45. The van der Waals surface area contributed by atoms with Gasteiger partial charge in [-0.2, -0.15) is 0 Å². The van der Waals surface area contributed by atoms with Crippen molar-refractivity contribution >= 4 is 0 Å². The van der Waals surface area contributed by atoms with Crippen molar-refractivity contribution in [3.8, 4) is 0 Å². The molecule has 0 aromatic rings. The van der Waals surface area contributed by atoms with Gasteiger partial charge < -0.3 is 4.74 Å². The van der Waals surface area contributed by atoms with Gasteiger partial charge in [0, 0.05) is 6.61 Å². The molecule has 0 radical (unpaired) electrons. The molecule has 1 heteroatoms. The van der Waals surface area contributed by atoms with E-state index in [1.54, 1.807) is 0 Å². The Balaban J connectivity index is 1.92. The molecule has 1 nitrogen and oxygen atoms in total. The molecule has 1 aliphatic carbocycles. The molecule has 1 saturated carbocycles. The van der Waals surface area contributed by atoms with Crippen molar-refractivity contribution in [2.75, 3.05) is 6.61 Å². The van der Waals surface area contributed by atoms with E-state index < -0.39 is 0 Å². The summed E-state index contributed by atoms with van der Waals surface area (Å²) >= 11 is 0. The van der Waals surface area contributed by atoms with Gasteiger partial charge in [0.05, 0.1) is 6.10 Å². The number of unbranched alkanes of at least 4 members (excludes halogenated alkanes) is 3. The number of hydrogen-bond acceptors (Lipinski definition) is 1. The fourth-order valence-corrected chi connectivity index (χ4v) is 2.33. The van der Waals surface area contributed by atoms with Crippen LogP contribution in [0.1, 0.15) is 65.2 Å². The Kier molecular flexibility index (Phi) is 6.25. The molecular weight excluding hydrogens is 172 g/mol. The molecule has 0 spiro atoms. The van der Waals surface area contributed by atoms with Gasteiger partial charge in [-0.15, -0.1) is 0 Å². The van der Waals surface area contributed by atoms with E-state index in [0.717, 1.165) is 12.5 Å². The second-order valence-electron chi connectivity index (χ2n) is 4.64. The normalized spacial score (nSPS) is 27.0. The van der Waals surface area contributed by atoms with E-state index in [-0.39, 0.29) is 0 Å². The lowest BCUT2D eigenvalue weighted by molar-refractivity contribution is 0.0528. The van der Waals surface area contributed by atoms with Gasteiger partial charge in [0.15, 0.2) is 0 Å². The molecule has 0 saturated heterocycles. The van der Waals surface area contributed by atoms with Crippen LogP contribution in [0.25, 0.3) is 0 Å². The van der Waals surface area contributed by atoms with Gasteiger partial charge in [-0.1, -0.05) is 39.5 Å². The number of hydrogen-bond donors (Lipinski definition) is 0. The van der Waals surface area contributed by atoms with Crippen LogP contribution < -0.4 is 0 Å². The molecule has 2 unspecified atom stereocenters. The first-order valence-electron chi connectivity index (χ1n) is 6.48. The molecule has 1 aliphatic rings. The average Bonchev–Trinajstić information content (AvgIpc) is 2.65. The van der Waals surface area contributed by atoms with Crippen LogP contribution in [0.2, 0.25) is 0 Å². The third-order valence-electron chi connectivity index (χ3n) is 3.42. The highest BCUT2D eigenvalue weighted by molar-refractivity contribution is 4.74. The van der Waals surface area contributed by atoms with E-state index >= 15 is 0 Å². The highest BCUT2D eigenvalue weighted by Crippen LogP contribution is 2.29. The highest BCUT2D eigenvalue weighted by atomic mass is 16.5. The Labute approximate surface area is 89.2 Å². The quantitative estimate of drug-likeness (QED) is 0.558. The summed E-state index contributed by atoms with van der Waals surface area (Å²) in [4.78, 5) is 0. The maximum absolute atomic E-state index is 5.88. The van der Waals surface area contributed by atoms with Crippen LogP contribution in [-0.4, -0.2) is 12.7 Å². The smallest absolute Gasteiger partial charge is 0.0577 e. The predicted molar refractivity (Wildman–Crippen MR) is 61.5 cm³/mol. The summed E-state index contributed by atoms with van der Waals surface area (Å²) in [7, 11) is 0. The molecule has 0 aromatic heterocycles. The minimum Gasteiger partial charge on any atom is -0.378 e. The molecule has 0 aromatic carbocycles. The largest absolute Gasteiger partial charge is 0.378 e. The van der Waals surface area contributed by atoms with Gasteiger partial charge in [-0.05, 0) is 31.6 Å². The van der Waals surface area contributed by atoms with Crippen LogP contribution in [0.4, 0.5) is 0 Å². The zero-order valence-electron chi connectivity index (χ0n) is 9.93. The zero-order chi connectivity index (χ0) is 10.2. The highest BCUT2D eigenvalue weighted by Gasteiger charge is 2.23. The lowest BCUT2D eigenvalue weighted by atomic mass is 10.1. The minimum atomic E-state index is 0.599. The van der Waals surface area contributed by atoms with E-state index in [1.807, 2.05) is 0 Å². The summed E-state index contributed by atoms with van der Waals surface area (Å²) in [5.41, 5.74) is 0. The number of ether oxygens (including phenoxy) is 1. The predicted octanol–water partition coefficient (Wildman–Crippen LogP) is 4.16. The summed E-state index contributed by atoms with van der Waals surface area (Å²) in [5.74, 6) is 0.954. The van der Waals surface area contributed by atoms with Gasteiger partial charge in [0.2, 0.25) is 0 Å². The molecule has 0 aliphatic heterocycles. The van der Waals surface area contributed by atoms with Gasteiger partial charge in [0.25, 0.3) is 0 Å². The van der Waals surface area contributed by atoms with Crippen LogP contribution >= 0.6 is 0 Å². The molecule has 84 valence electrons. The first kappa shape index (κ1) is 12.0. The van der Waals surface area contributed by atoms with E-state index in [2.05, 4.69) is 13.8 Å². The van der Waals surface area contributed by atoms with Gasteiger partial charge in [-0.25, -0.2) is 0 Å². The molecule has 0 heterocycles. The summed E-state index contributed by atoms with van der Waals surface area (Å²) in [6.07, 6.45) is 11.3. The Morgan fingerprint density at radius 3 is 2.57 bits per heavy atom. The minimum absolute atomic E-state index is 0.599. The molecule has 0 N–H and O–H groups in total. The van der Waals surface area contributed by atoms with Crippen molar-refractivity contribution in [3.05, 3.63) is 0 Å². The fraction of sp³-hybridized carbons (Fsp3) is 1.00. The zero-order valence-corrected chi connectivity index (χ0v) is 9.93. The van der Waals surface area contributed by atoms with Crippen LogP contribution in [0, 0.1) is 5.92 Å². The topological polar surface area (TPSA) is 9.23 Å². The van der Waals surface area contributed by atoms with Gasteiger partial charge >= 0.3 is 0 Å². The van der Waals surface area contributed by atoms with E-state index in [4.69, 9.17) is 4.74 Å². The van der Waals surface area contributed by atoms with Crippen molar-refractivity contribution in [2.45, 2.75) is 71.3 Å². The summed E-state index contributed by atoms with van der Waals surface area (Å²) in [6, 6.07) is 0. The van der Waals surface area contributed by atoms with Crippen molar-refractivity contribution in [1.29, 1.82) is 0 Å². The van der Waals surface area contributed by atoms with Crippen LogP contribution in [0.15, 0.2) is 0 Å². The van der Waals surface area contributed by atoms with Crippen molar-refractivity contribution in [1.82, 2.24) is 0 Å². The van der Waals surface area contributed by atoms with Crippen LogP contribution in [0.5, 0.6) is 0 Å². The molecule has 2 atom stereocenters. The molecule has 14 heavy (non-hydrogen) atoms. The van der Waals surface area contributed by atoms with E-state index in [1.165, 1.54) is 51.4 Å². The van der Waals surface area contributed by atoms with Crippen molar-refractivity contribution in [2.24, 2.45) is 5.92 Å². The molecular formula is C13H26O. The fourth-order valence-electron chi connectivity index (χ4n) is 2.33. The Morgan fingerprint density at radius 1 is 1.07 bits per heavy atom. The standard InChI is InChI=1S/C13H26O/c1-3-5-6-7-10-14-13-9-8-12(4-2)11-13/h12-13H,3-11H2,1-2H3. The van der Waals surface area contributed by atoms with E-state index in [0.29, 0.717) is 6.10 Å². The Morgan fingerprint density at radius 2 is 1.93 bits per heavy atom. The summed E-state index contributed by atoms with van der Waals surface area (Å²) in [6.45, 7) is 5.55. The maximum Gasteiger partial charge on any atom is 0.0577 e.